The lowest BCUT2D eigenvalue weighted by Crippen LogP contribution is -2.49. The van der Waals surface area contributed by atoms with E-state index in [1.165, 1.54) is 19.3 Å². The molecule has 1 rings (SSSR count). The van der Waals surface area contributed by atoms with Crippen molar-refractivity contribution in [3.05, 3.63) is 0 Å². The standard InChI is InChI=1S/C9H19NO/c1-2-10-9(8-11)6-4-3-5-7-9/h10-11H,2-8H2,1H3. The van der Waals surface area contributed by atoms with Gasteiger partial charge in [-0.25, -0.2) is 0 Å². The first kappa shape index (κ1) is 9.01. The molecule has 1 aliphatic rings. The average molecular weight is 157 g/mol. The Labute approximate surface area is 69.0 Å². The third-order valence-corrected chi connectivity index (χ3v) is 2.67. The molecule has 66 valence electrons. The molecule has 0 amide bonds. The van der Waals surface area contributed by atoms with E-state index in [-0.39, 0.29) is 5.54 Å². The number of likely N-dealkylation sites (N-methyl/N-ethyl adjacent to an activating group) is 1. The lowest BCUT2D eigenvalue weighted by molar-refractivity contribution is 0.123. The number of hydrogen-bond acceptors (Lipinski definition) is 2. The molecule has 0 radical (unpaired) electrons. The highest BCUT2D eigenvalue weighted by molar-refractivity contribution is 4.89. The van der Waals surface area contributed by atoms with Gasteiger partial charge in [0.15, 0.2) is 0 Å². The van der Waals surface area contributed by atoms with Crippen LogP contribution in [0, 0.1) is 0 Å². The molecule has 1 fully saturated rings. The van der Waals surface area contributed by atoms with Crippen molar-refractivity contribution in [2.45, 2.75) is 44.6 Å². The molecule has 0 atom stereocenters. The minimum Gasteiger partial charge on any atom is -0.394 e. The molecule has 11 heavy (non-hydrogen) atoms. The molecule has 0 heterocycles. The van der Waals surface area contributed by atoms with Gasteiger partial charge in [-0.2, -0.15) is 0 Å². The van der Waals surface area contributed by atoms with Crippen LogP contribution in [0.1, 0.15) is 39.0 Å². The molecule has 2 nitrogen and oxygen atoms in total. The Morgan fingerprint density at radius 2 is 1.91 bits per heavy atom. The lowest BCUT2D eigenvalue weighted by Gasteiger charge is -2.36. The van der Waals surface area contributed by atoms with Crippen molar-refractivity contribution in [1.82, 2.24) is 5.32 Å². The maximum Gasteiger partial charge on any atom is 0.0613 e. The Kier molecular flexibility index (Phi) is 3.34. The summed E-state index contributed by atoms with van der Waals surface area (Å²) >= 11 is 0. The first-order chi connectivity index (χ1) is 5.33. The second kappa shape index (κ2) is 4.07. The molecular formula is C9H19NO. The lowest BCUT2D eigenvalue weighted by atomic mass is 9.82. The highest BCUT2D eigenvalue weighted by atomic mass is 16.3. The van der Waals surface area contributed by atoms with E-state index >= 15 is 0 Å². The van der Waals surface area contributed by atoms with Crippen LogP contribution in [0.25, 0.3) is 0 Å². The summed E-state index contributed by atoms with van der Waals surface area (Å²) in [4.78, 5) is 0. The summed E-state index contributed by atoms with van der Waals surface area (Å²) in [5.74, 6) is 0. The molecule has 0 spiro atoms. The van der Waals surface area contributed by atoms with Crippen molar-refractivity contribution < 1.29 is 5.11 Å². The topological polar surface area (TPSA) is 32.3 Å². The Morgan fingerprint density at radius 1 is 1.27 bits per heavy atom. The van der Waals surface area contributed by atoms with Gasteiger partial charge in [0.2, 0.25) is 0 Å². The quantitative estimate of drug-likeness (QED) is 0.647. The zero-order valence-electron chi connectivity index (χ0n) is 7.40. The first-order valence-corrected chi connectivity index (χ1v) is 4.69. The van der Waals surface area contributed by atoms with E-state index in [9.17, 15) is 5.11 Å². The monoisotopic (exact) mass is 157 g/mol. The Bertz CT molecular complexity index is 103. The second-order valence-corrected chi connectivity index (χ2v) is 3.53. The normalized spacial score (nSPS) is 23.5. The average Bonchev–Trinajstić information content (AvgIpc) is 2.07. The van der Waals surface area contributed by atoms with Crippen molar-refractivity contribution in [2.75, 3.05) is 13.2 Å². The summed E-state index contributed by atoms with van der Waals surface area (Å²) in [5.41, 5.74) is 0.0764. The molecule has 0 aromatic heterocycles. The highest BCUT2D eigenvalue weighted by Gasteiger charge is 2.29. The van der Waals surface area contributed by atoms with Crippen LogP contribution in [0.3, 0.4) is 0 Å². The van der Waals surface area contributed by atoms with Crippen LogP contribution in [0.4, 0.5) is 0 Å². The highest BCUT2D eigenvalue weighted by Crippen LogP contribution is 2.27. The Balaban J connectivity index is 2.42. The van der Waals surface area contributed by atoms with E-state index in [2.05, 4.69) is 12.2 Å². The molecule has 0 aliphatic heterocycles. The van der Waals surface area contributed by atoms with E-state index in [1.807, 2.05) is 0 Å². The number of aliphatic hydroxyl groups excluding tert-OH is 1. The molecular weight excluding hydrogens is 138 g/mol. The molecule has 0 unspecified atom stereocenters. The van der Waals surface area contributed by atoms with Gasteiger partial charge in [0.1, 0.15) is 0 Å². The third-order valence-electron chi connectivity index (χ3n) is 2.67. The largest absolute Gasteiger partial charge is 0.394 e. The van der Waals surface area contributed by atoms with E-state index in [0.717, 1.165) is 19.4 Å². The van der Waals surface area contributed by atoms with Crippen molar-refractivity contribution in [3.63, 3.8) is 0 Å². The summed E-state index contributed by atoms with van der Waals surface area (Å²) in [7, 11) is 0. The van der Waals surface area contributed by atoms with E-state index < -0.39 is 0 Å². The minimum absolute atomic E-state index is 0.0764. The fraction of sp³-hybridized carbons (Fsp3) is 1.00. The summed E-state index contributed by atoms with van der Waals surface area (Å²) < 4.78 is 0. The molecule has 0 aromatic carbocycles. The van der Waals surface area contributed by atoms with E-state index in [1.54, 1.807) is 0 Å². The van der Waals surface area contributed by atoms with E-state index in [4.69, 9.17) is 0 Å². The van der Waals surface area contributed by atoms with Crippen LogP contribution >= 0.6 is 0 Å². The molecule has 2 heteroatoms. The summed E-state index contributed by atoms with van der Waals surface area (Å²) in [5, 5.41) is 12.6. The predicted molar refractivity (Wildman–Crippen MR) is 46.6 cm³/mol. The summed E-state index contributed by atoms with van der Waals surface area (Å²) in [6, 6.07) is 0. The summed E-state index contributed by atoms with van der Waals surface area (Å²) in [6.07, 6.45) is 6.18. The van der Waals surface area contributed by atoms with Crippen LogP contribution in [0.2, 0.25) is 0 Å². The number of nitrogens with one attached hydrogen (secondary N) is 1. The van der Waals surface area contributed by atoms with Crippen LogP contribution in [-0.2, 0) is 0 Å². The predicted octanol–water partition coefficient (Wildman–Crippen LogP) is 1.29. The number of aliphatic hydroxyl groups is 1. The van der Waals surface area contributed by atoms with Crippen LogP contribution in [-0.4, -0.2) is 23.8 Å². The minimum atomic E-state index is 0.0764. The van der Waals surface area contributed by atoms with Gasteiger partial charge in [-0.3, -0.25) is 0 Å². The fourth-order valence-electron chi connectivity index (χ4n) is 1.99. The van der Waals surface area contributed by atoms with Crippen molar-refractivity contribution >= 4 is 0 Å². The first-order valence-electron chi connectivity index (χ1n) is 4.69. The van der Waals surface area contributed by atoms with Gasteiger partial charge in [0.05, 0.1) is 6.61 Å². The van der Waals surface area contributed by atoms with Gasteiger partial charge < -0.3 is 10.4 Å². The Morgan fingerprint density at radius 3 is 2.36 bits per heavy atom. The van der Waals surface area contributed by atoms with Crippen molar-refractivity contribution in [2.24, 2.45) is 0 Å². The van der Waals surface area contributed by atoms with Gasteiger partial charge in [-0.1, -0.05) is 26.2 Å². The smallest absolute Gasteiger partial charge is 0.0613 e. The van der Waals surface area contributed by atoms with Crippen molar-refractivity contribution in [3.8, 4) is 0 Å². The molecule has 0 bridgehead atoms. The van der Waals surface area contributed by atoms with Gasteiger partial charge in [-0.05, 0) is 19.4 Å². The number of hydrogen-bond donors (Lipinski definition) is 2. The fourth-order valence-corrected chi connectivity index (χ4v) is 1.99. The third kappa shape index (κ3) is 2.17. The van der Waals surface area contributed by atoms with Crippen molar-refractivity contribution in [1.29, 1.82) is 0 Å². The SMILES string of the molecule is CCNC1(CO)CCCCC1. The van der Waals surface area contributed by atoms with Gasteiger partial charge in [-0.15, -0.1) is 0 Å². The van der Waals surface area contributed by atoms with E-state index in [0.29, 0.717) is 6.61 Å². The molecule has 0 saturated heterocycles. The van der Waals surface area contributed by atoms with Gasteiger partial charge in [0, 0.05) is 5.54 Å². The zero-order valence-corrected chi connectivity index (χ0v) is 7.40. The van der Waals surface area contributed by atoms with Crippen LogP contribution in [0.5, 0.6) is 0 Å². The Hall–Kier alpha value is -0.0800. The van der Waals surface area contributed by atoms with Crippen LogP contribution < -0.4 is 5.32 Å². The zero-order chi connectivity index (χ0) is 8.16. The number of rotatable bonds is 3. The molecule has 2 N–H and O–H groups in total. The second-order valence-electron chi connectivity index (χ2n) is 3.53. The maximum atomic E-state index is 9.21. The maximum absolute atomic E-state index is 9.21. The molecule has 1 saturated carbocycles. The summed E-state index contributed by atoms with van der Waals surface area (Å²) in [6.45, 7) is 3.38. The van der Waals surface area contributed by atoms with Crippen LogP contribution in [0.15, 0.2) is 0 Å². The van der Waals surface area contributed by atoms with Gasteiger partial charge >= 0.3 is 0 Å². The molecule has 1 aliphatic carbocycles. The molecule has 0 aromatic rings. The van der Waals surface area contributed by atoms with Gasteiger partial charge in [0.25, 0.3) is 0 Å².